The predicted molar refractivity (Wildman–Crippen MR) is 90.9 cm³/mol. The maximum atomic E-state index is 13.3. The van der Waals surface area contributed by atoms with Gasteiger partial charge in [-0.25, -0.2) is 8.78 Å². The first kappa shape index (κ1) is 19.1. The average Bonchev–Trinajstić information content (AvgIpc) is 3.28. The van der Waals surface area contributed by atoms with Crippen LogP contribution in [0.15, 0.2) is 0 Å². The second kappa shape index (κ2) is 6.39. The fourth-order valence-corrected chi connectivity index (χ4v) is 5.81. The zero-order valence-corrected chi connectivity index (χ0v) is 16.1. The number of hydrogen-bond donors (Lipinski definition) is 0. The molecule has 4 fully saturated rings. The molecule has 1 heterocycles. The molecule has 3 saturated carbocycles. The molecule has 6 atom stereocenters. The second-order valence-corrected chi connectivity index (χ2v) is 9.21. The highest BCUT2D eigenvalue weighted by Crippen LogP contribution is 2.59. The Balaban J connectivity index is 1.53. The predicted octanol–water partition coefficient (Wildman–Crippen LogP) is 3.35. The van der Waals surface area contributed by atoms with Crippen molar-refractivity contribution in [3.63, 3.8) is 0 Å². The third-order valence-electron chi connectivity index (χ3n) is 7.15. The van der Waals surface area contributed by atoms with E-state index in [1.165, 1.54) is 0 Å². The van der Waals surface area contributed by atoms with Crippen molar-refractivity contribution < 1.29 is 32.6 Å². The molecule has 27 heavy (non-hydrogen) atoms. The van der Waals surface area contributed by atoms with Crippen LogP contribution < -0.4 is 0 Å². The van der Waals surface area contributed by atoms with Gasteiger partial charge in [-0.2, -0.15) is 0 Å². The van der Waals surface area contributed by atoms with Crippen LogP contribution >= 0.6 is 0 Å². The van der Waals surface area contributed by atoms with Crippen molar-refractivity contribution in [3.05, 3.63) is 0 Å². The molecule has 0 aromatic carbocycles. The Morgan fingerprint density at radius 3 is 2.56 bits per heavy atom. The molecular weight excluding hydrogens is 358 g/mol. The Labute approximate surface area is 158 Å². The Kier molecular flexibility index (Phi) is 4.52. The van der Waals surface area contributed by atoms with E-state index in [2.05, 4.69) is 13.8 Å². The van der Waals surface area contributed by atoms with E-state index in [9.17, 15) is 18.4 Å². The summed E-state index contributed by atoms with van der Waals surface area (Å²) in [5.41, 5.74) is -0.479. The van der Waals surface area contributed by atoms with Gasteiger partial charge in [0.2, 0.25) is 0 Å². The molecule has 4 rings (SSSR count). The summed E-state index contributed by atoms with van der Waals surface area (Å²) in [7, 11) is 0. The standard InChI is InChI=1S/C20H28F2O5/c1-10(2)20(6-4-5-7-20)27-18(24)14-11-8-12-13(14)17(23)26-16(12)15(11)25-9-19(3,21)22/h10-16H,4-9H2,1-3H3. The van der Waals surface area contributed by atoms with Crippen LogP contribution in [-0.2, 0) is 23.8 Å². The maximum Gasteiger partial charge on any atom is 0.310 e. The lowest BCUT2D eigenvalue weighted by atomic mass is 9.78. The molecular formula is C20H28F2O5. The number of carbonyl (C=O) groups is 2. The van der Waals surface area contributed by atoms with E-state index in [1.807, 2.05) is 0 Å². The van der Waals surface area contributed by atoms with Crippen LogP contribution in [0.5, 0.6) is 0 Å². The lowest BCUT2D eigenvalue weighted by molar-refractivity contribution is -0.178. The van der Waals surface area contributed by atoms with Gasteiger partial charge in [-0.1, -0.05) is 13.8 Å². The molecule has 4 aliphatic rings. The van der Waals surface area contributed by atoms with Crippen molar-refractivity contribution in [1.29, 1.82) is 0 Å². The smallest absolute Gasteiger partial charge is 0.310 e. The summed E-state index contributed by atoms with van der Waals surface area (Å²) < 4.78 is 43.5. The average molecular weight is 386 g/mol. The summed E-state index contributed by atoms with van der Waals surface area (Å²) in [5.74, 6) is -5.15. The van der Waals surface area contributed by atoms with Crippen LogP contribution in [-0.4, -0.2) is 42.3 Å². The minimum Gasteiger partial charge on any atom is -0.459 e. The second-order valence-electron chi connectivity index (χ2n) is 9.21. The van der Waals surface area contributed by atoms with Gasteiger partial charge in [0.1, 0.15) is 18.3 Å². The Morgan fingerprint density at radius 2 is 1.96 bits per heavy atom. The third-order valence-corrected chi connectivity index (χ3v) is 7.15. The van der Waals surface area contributed by atoms with Crippen LogP contribution in [0.3, 0.4) is 0 Å². The van der Waals surface area contributed by atoms with Crippen molar-refractivity contribution in [2.75, 3.05) is 6.61 Å². The van der Waals surface area contributed by atoms with Crippen LogP contribution in [0, 0.1) is 29.6 Å². The van der Waals surface area contributed by atoms with Crippen molar-refractivity contribution >= 4 is 11.9 Å². The minimum atomic E-state index is -2.97. The number of halogens is 2. The summed E-state index contributed by atoms with van der Waals surface area (Å²) in [4.78, 5) is 25.5. The molecule has 6 unspecified atom stereocenters. The summed E-state index contributed by atoms with van der Waals surface area (Å²) in [6.07, 6.45) is 3.13. The van der Waals surface area contributed by atoms with Gasteiger partial charge in [-0.15, -0.1) is 0 Å². The lowest BCUT2D eigenvalue weighted by Crippen LogP contribution is -2.47. The summed E-state index contributed by atoms with van der Waals surface area (Å²) in [6.45, 7) is 4.15. The minimum absolute atomic E-state index is 0.130. The van der Waals surface area contributed by atoms with Gasteiger partial charge in [0, 0.05) is 18.8 Å². The fourth-order valence-electron chi connectivity index (χ4n) is 5.81. The summed E-state index contributed by atoms with van der Waals surface area (Å²) in [5, 5.41) is 0. The van der Waals surface area contributed by atoms with Crippen molar-refractivity contribution in [3.8, 4) is 0 Å². The fraction of sp³-hybridized carbons (Fsp3) is 0.900. The SMILES string of the molecule is CC(C)C1(OC(=O)C2C3CC4C(OC(=O)C42)C3OCC(C)(F)F)CCCC1. The Morgan fingerprint density at radius 1 is 1.30 bits per heavy atom. The van der Waals surface area contributed by atoms with E-state index < -0.39 is 48.1 Å². The number of esters is 2. The molecule has 0 spiro atoms. The van der Waals surface area contributed by atoms with Gasteiger partial charge in [-0.3, -0.25) is 9.59 Å². The highest BCUT2D eigenvalue weighted by Gasteiger charge is 2.69. The highest BCUT2D eigenvalue weighted by molar-refractivity contribution is 5.86. The van der Waals surface area contributed by atoms with E-state index in [1.54, 1.807) is 0 Å². The van der Waals surface area contributed by atoms with Crippen molar-refractivity contribution in [2.24, 2.45) is 29.6 Å². The number of rotatable bonds is 6. The van der Waals surface area contributed by atoms with E-state index in [0.717, 1.165) is 32.6 Å². The van der Waals surface area contributed by atoms with Gasteiger partial charge >= 0.3 is 11.9 Å². The van der Waals surface area contributed by atoms with Crippen LogP contribution in [0.1, 0.15) is 52.9 Å². The number of ether oxygens (including phenoxy) is 3. The van der Waals surface area contributed by atoms with Gasteiger partial charge in [-0.05, 0) is 38.0 Å². The Hall–Kier alpha value is -1.24. The van der Waals surface area contributed by atoms with Crippen LogP contribution in [0.25, 0.3) is 0 Å². The van der Waals surface area contributed by atoms with Crippen molar-refractivity contribution in [2.45, 2.75) is 76.6 Å². The van der Waals surface area contributed by atoms with Crippen LogP contribution in [0.4, 0.5) is 8.78 Å². The first-order valence-corrected chi connectivity index (χ1v) is 10.1. The van der Waals surface area contributed by atoms with E-state index in [0.29, 0.717) is 6.42 Å². The molecule has 152 valence electrons. The van der Waals surface area contributed by atoms with Gasteiger partial charge in [0.05, 0.1) is 17.9 Å². The molecule has 3 aliphatic carbocycles. The molecule has 1 saturated heterocycles. The van der Waals surface area contributed by atoms with Gasteiger partial charge in [0.25, 0.3) is 5.92 Å². The lowest BCUT2D eigenvalue weighted by Gasteiger charge is -2.37. The summed E-state index contributed by atoms with van der Waals surface area (Å²) >= 11 is 0. The first-order chi connectivity index (χ1) is 12.6. The van der Waals surface area contributed by atoms with Gasteiger partial charge in [0.15, 0.2) is 0 Å². The molecule has 0 aromatic rings. The van der Waals surface area contributed by atoms with E-state index in [-0.39, 0.29) is 23.7 Å². The van der Waals surface area contributed by atoms with E-state index in [4.69, 9.17) is 14.2 Å². The normalized spacial score (nSPS) is 39.3. The third kappa shape index (κ3) is 3.06. The monoisotopic (exact) mass is 386 g/mol. The molecule has 0 radical (unpaired) electrons. The van der Waals surface area contributed by atoms with Crippen molar-refractivity contribution in [1.82, 2.24) is 0 Å². The number of carbonyl (C=O) groups excluding carboxylic acids is 2. The zero-order valence-electron chi connectivity index (χ0n) is 16.1. The first-order valence-electron chi connectivity index (χ1n) is 10.1. The topological polar surface area (TPSA) is 61.8 Å². The summed E-state index contributed by atoms with van der Waals surface area (Å²) in [6, 6.07) is 0. The number of fused-ring (bicyclic) bond motifs is 1. The molecule has 1 aliphatic heterocycles. The van der Waals surface area contributed by atoms with E-state index >= 15 is 0 Å². The highest BCUT2D eigenvalue weighted by atomic mass is 19.3. The zero-order chi connectivity index (χ0) is 19.6. The van der Waals surface area contributed by atoms with Crippen LogP contribution in [0.2, 0.25) is 0 Å². The molecule has 0 amide bonds. The molecule has 2 bridgehead atoms. The molecule has 5 nitrogen and oxygen atoms in total. The number of hydrogen-bond acceptors (Lipinski definition) is 5. The Bertz CT molecular complexity index is 622. The quantitative estimate of drug-likeness (QED) is 0.655. The molecule has 7 heteroatoms. The maximum absolute atomic E-state index is 13.3. The largest absolute Gasteiger partial charge is 0.459 e. The molecule has 0 aromatic heterocycles. The number of alkyl halides is 2. The van der Waals surface area contributed by atoms with Gasteiger partial charge < -0.3 is 14.2 Å². The molecule has 0 N–H and O–H groups in total.